The lowest BCUT2D eigenvalue weighted by atomic mass is 9.97. The van der Waals surface area contributed by atoms with Crippen molar-refractivity contribution < 1.29 is 4.39 Å². The van der Waals surface area contributed by atoms with Crippen molar-refractivity contribution in [1.82, 2.24) is 9.97 Å². The Morgan fingerprint density at radius 1 is 1.47 bits per heavy atom. The average Bonchev–Trinajstić information content (AvgIpc) is 2.78. The summed E-state index contributed by atoms with van der Waals surface area (Å²) >= 11 is 3.36. The molecule has 3 N–H and O–H groups in total. The Kier molecular flexibility index (Phi) is 4.06. The second-order valence-corrected chi connectivity index (χ2v) is 5.79. The molecular formula is C14H17BrFN3. The molecule has 2 rings (SSSR count). The Balaban J connectivity index is 2.35. The van der Waals surface area contributed by atoms with E-state index in [1.165, 1.54) is 12.1 Å². The van der Waals surface area contributed by atoms with Gasteiger partial charge in [-0.3, -0.25) is 0 Å². The van der Waals surface area contributed by atoms with Crippen LogP contribution in [0.5, 0.6) is 0 Å². The van der Waals surface area contributed by atoms with Gasteiger partial charge in [0.1, 0.15) is 11.6 Å². The molecule has 0 fully saturated rings. The monoisotopic (exact) mass is 325 g/mol. The Morgan fingerprint density at radius 2 is 2.21 bits per heavy atom. The summed E-state index contributed by atoms with van der Waals surface area (Å²) in [5, 5.41) is 0. The lowest BCUT2D eigenvalue weighted by molar-refractivity contribution is 0.423. The highest BCUT2D eigenvalue weighted by Gasteiger charge is 2.23. The zero-order chi connectivity index (χ0) is 14.0. The molecule has 0 saturated heterocycles. The molecule has 3 nitrogen and oxygen atoms in total. The molecule has 0 amide bonds. The largest absolute Gasteiger partial charge is 0.340 e. The van der Waals surface area contributed by atoms with Crippen LogP contribution in [0.15, 0.2) is 28.9 Å². The second-order valence-electron chi connectivity index (χ2n) is 4.94. The van der Waals surface area contributed by atoms with Gasteiger partial charge in [0.25, 0.3) is 0 Å². The number of H-pyrrole nitrogens is 1. The standard InChI is InChI=1S/C14H17BrFN3/c1-3-6-14(2,17)13-18-8-12(19-13)10-5-4-9(16)7-11(10)15/h4-5,7-8H,3,6,17H2,1-2H3,(H,18,19). The van der Waals surface area contributed by atoms with Crippen molar-refractivity contribution in [3.8, 4) is 11.3 Å². The molecule has 0 bridgehead atoms. The van der Waals surface area contributed by atoms with E-state index in [4.69, 9.17) is 5.73 Å². The maximum absolute atomic E-state index is 13.1. The van der Waals surface area contributed by atoms with Crippen LogP contribution in [0.2, 0.25) is 0 Å². The number of benzene rings is 1. The Morgan fingerprint density at radius 3 is 2.84 bits per heavy atom. The smallest absolute Gasteiger partial charge is 0.126 e. The Bertz CT molecular complexity index is 578. The number of aromatic amines is 1. The second kappa shape index (κ2) is 5.43. The fraction of sp³-hybridized carbons (Fsp3) is 0.357. The molecule has 0 saturated carbocycles. The molecule has 0 aliphatic rings. The molecule has 0 radical (unpaired) electrons. The van der Waals surface area contributed by atoms with Crippen LogP contribution in [-0.2, 0) is 5.54 Å². The first-order chi connectivity index (χ1) is 8.94. The van der Waals surface area contributed by atoms with Crippen molar-refractivity contribution in [3.05, 3.63) is 40.5 Å². The van der Waals surface area contributed by atoms with E-state index in [2.05, 4.69) is 32.8 Å². The number of hydrogen-bond donors (Lipinski definition) is 2. The summed E-state index contributed by atoms with van der Waals surface area (Å²) in [5.74, 6) is 0.477. The van der Waals surface area contributed by atoms with E-state index < -0.39 is 5.54 Å². The van der Waals surface area contributed by atoms with Crippen LogP contribution in [0.4, 0.5) is 4.39 Å². The summed E-state index contributed by atoms with van der Waals surface area (Å²) in [5.41, 5.74) is 7.46. The maximum Gasteiger partial charge on any atom is 0.126 e. The lowest BCUT2D eigenvalue weighted by Gasteiger charge is -2.21. The van der Waals surface area contributed by atoms with E-state index in [0.717, 1.165) is 29.9 Å². The molecule has 102 valence electrons. The fourth-order valence-electron chi connectivity index (χ4n) is 2.09. The molecule has 2 aromatic rings. The first-order valence-electron chi connectivity index (χ1n) is 6.24. The normalized spacial score (nSPS) is 14.4. The number of rotatable bonds is 4. The first kappa shape index (κ1) is 14.2. The zero-order valence-corrected chi connectivity index (χ0v) is 12.6. The van der Waals surface area contributed by atoms with Gasteiger partial charge >= 0.3 is 0 Å². The summed E-state index contributed by atoms with van der Waals surface area (Å²) in [4.78, 5) is 7.58. The van der Waals surface area contributed by atoms with Gasteiger partial charge in [-0.1, -0.05) is 13.3 Å². The summed E-state index contributed by atoms with van der Waals surface area (Å²) in [6, 6.07) is 4.57. The van der Waals surface area contributed by atoms with Crippen molar-refractivity contribution >= 4 is 15.9 Å². The quantitative estimate of drug-likeness (QED) is 0.894. The van der Waals surface area contributed by atoms with Crippen molar-refractivity contribution in [2.75, 3.05) is 0 Å². The predicted molar refractivity (Wildman–Crippen MR) is 78.1 cm³/mol. The molecule has 5 heteroatoms. The molecule has 1 atom stereocenters. The van der Waals surface area contributed by atoms with Gasteiger partial charge in [0.15, 0.2) is 0 Å². The molecule has 19 heavy (non-hydrogen) atoms. The van der Waals surface area contributed by atoms with E-state index >= 15 is 0 Å². The number of nitrogens with one attached hydrogen (secondary N) is 1. The highest BCUT2D eigenvalue weighted by molar-refractivity contribution is 9.10. The third-order valence-corrected chi connectivity index (χ3v) is 3.76. The van der Waals surface area contributed by atoms with Crippen LogP contribution in [0, 0.1) is 5.82 Å². The molecular weight excluding hydrogens is 309 g/mol. The van der Waals surface area contributed by atoms with E-state index in [-0.39, 0.29) is 5.82 Å². The molecule has 1 aromatic heterocycles. The Hall–Kier alpha value is -1.20. The predicted octanol–water partition coefficient (Wildman–Crippen LogP) is 3.95. The van der Waals surface area contributed by atoms with E-state index in [1.807, 2.05) is 6.92 Å². The van der Waals surface area contributed by atoms with Gasteiger partial charge in [-0.25, -0.2) is 9.37 Å². The minimum Gasteiger partial charge on any atom is -0.340 e. The molecule has 1 unspecified atom stereocenters. The van der Waals surface area contributed by atoms with Gasteiger partial charge in [0.05, 0.1) is 17.4 Å². The molecule has 0 spiro atoms. The summed E-state index contributed by atoms with van der Waals surface area (Å²) < 4.78 is 13.8. The number of aromatic nitrogens is 2. The molecule has 1 aromatic carbocycles. The van der Waals surface area contributed by atoms with Crippen molar-refractivity contribution in [3.63, 3.8) is 0 Å². The van der Waals surface area contributed by atoms with Crippen LogP contribution in [-0.4, -0.2) is 9.97 Å². The van der Waals surface area contributed by atoms with Crippen molar-refractivity contribution in [1.29, 1.82) is 0 Å². The summed E-state index contributed by atoms with van der Waals surface area (Å²) in [6.45, 7) is 4.05. The highest BCUT2D eigenvalue weighted by atomic mass is 79.9. The van der Waals surface area contributed by atoms with Crippen LogP contribution in [0.25, 0.3) is 11.3 Å². The molecule has 0 aliphatic carbocycles. The minimum absolute atomic E-state index is 0.273. The van der Waals surface area contributed by atoms with Gasteiger partial charge in [0.2, 0.25) is 0 Å². The van der Waals surface area contributed by atoms with Crippen molar-refractivity contribution in [2.24, 2.45) is 5.73 Å². The number of imidazole rings is 1. The third kappa shape index (κ3) is 3.04. The average molecular weight is 326 g/mol. The number of nitrogens with zero attached hydrogens (tertiary/aromatic N) is 1. The van der Waals surface area contributed by atoms with Crippen LogP contribution in [0.3, 0.4) is 0 Å². The van der Waals surface area contributed by atoms with Gasteiger partial charge in [0, 0.05) is 10.0 Å². The van der Waals surface area contributed by atoms with Crippen LogP contribution >= 0.6 is 15.9 Å². The van der Waals surface area contributed by atoms with E-state index in [0.29, 0.717) is 4.47 Å². The van der Waals surface area contributed by atoms with Gasteiger partial charge < -0.3 is 10.7 Å². The van der Waals surface area contributed by atoms with Gasteiger partial charge in [-0.2, -0.15) is 0 Å². The molecule has 1 heterocycles. The van der Waals surface area contributed by atoms with Crippen LogP contribution in [0.1, 0.15) is 32.5 Å². The maximum atomic E-state index is 13.1. The summed E-state index contributed by atoms with van der Waals surface area (Å²) in [6.07, 6.45) is 3.57. The topological polar surface area (TPSA) is 54.7 Å². The van der Waals surface area contributed by atoms with E-state index in [1.54, 1.807) is 12.3 Å². The van der Waals surface area contributed by atoms with Crippen molar-refractivity contribution in [2.45, 2.75) is 32.2 Å². The van der Waals surface area contributed by atoms with E-state index in [9.17, 15) is 4.39 Å². The number of nitrogens with two attached hydrogens (primary N) is 1. The van der Waals surface area contributed by atoms with Gasteiger partial charge in [-0.05, 0) is 47.5 Å². The number of hydrogen-bond acceptors (Lipinski definition) is 2. The molecule has 0 aliphatic heterocycles. The Labute approximate surface area is 120 Å². The van der Waals surface area contributed by atoms with Gasteiger partial charge in [-0.15, -0.1) is 0 Å². The fourth-order valence-corrected chi connectivity index (χ4v) is 2.66. The van der Waals surface area contributed by atoms with Crippen LogP contribution < -0.4 is 5.73 Å². The SMILES string of the molecule is CCCC(C)(N)c1ncc(-c2ccc(F)cc2Br)[nH]1. The number of halogens is 2. The lowest BCUT2D eigenvalue weighted by Crippen LogP contribution is -2.34. The first-order valence-corrected chi connectivity index (χ1v) is 7.03. The third-order valence-electron chi connectivity index (χ3n) is 3.11. The minimum atomic E-state index is -0.473. The highest BCUT2D eigenvalue weighted by Crippen LogP contribution is 2.29. The zero-order valence-electron chi connectivity index (χ0n) is 11.0. The summed E-state index contributed by atoms with van der Waals surface area (Å²) in [7, 11) is 0.